The molecule has 0 N–H and O–H groups in total. The van der Waals surface area contributed by atoms with E-state index in [0.717, 1.165) is 12.5 Å². The summed E-state index contributed by atoms with van der Waals surface area (Å²) in [6, 6.07) is 0.752. The van der Waals surface area contributed by atoms with Crippen LogP contribution in [0.3, 0.4) is 0 Å². The Balaban J connectivity index is 2.45. The van der Waals surface area contributed by atoms with Crippen molar-refractivity contribution in [3.63, 3.8) is 0 Å². The van der Waals surface area contributed by atoms with Crippen molar-refractivity contribution in [2.24, 2.45) is 0 Å². The predicted octanol–water partition coefficient (Wildman–Crippen LogP) is 0.911. The molecule has 0 aromatic carbocycles. The van der Waals surface area contributed by atoms with Gasteiger partial charge in [0, 0.05) is 44.4 Å². The largest absolute Gasteiger partial charge is 0.398 e. The number of carbonyl (C=O) groups excluding carboxylic acids is 1. The van der Waals surface area contributed by atoms with E-state index in [-0.39, 0.29) is 18.9 Å². The number of nitrogens with zero attached hydrogens (tertiary/aromatic N) is 1. The van der Waals surface area contributed by atoms with Gasteiger partial charge in [0.25, 0.3) is 0 Å². The zero-order chi connectivity index (χ0) is 14.7. The molecule has 0 aliphatic carbocycles. The van der Waals surface area contributed by atoms with Crippen LogP contribution < -0.4 is 0 Å². The Morgan fingerprint density at radius 3 is 2.42 bits per heavy atom. The average Bonchev–Trinajstić information content (AvgIpc) is 2.71. The minimum absolute atomic E-state index is 0.0188. The van der Waals surface area contributed by atoms with Crippen LogP contribution in [0.5, 0.6) is 0 Å². The van der Waals surface area contributed by atoms with Crippen molar-refractivity contribution in [2.45, 2.75) is 30.7 Å². The van der Waals surface area contributed by atoms with Gasteiger partial charge in [-0.25, -0.2) is 8.42 Å². The highest BCUT2D eigenvalue weighted by Gasteiger charge is 2.37. The second-order valence-electron chi connectivity index (χ2n) is 4.79. The van der Waals surface area contributed by atoms with Gasteiger partial charge in [0.1, 0.15) is 5.25 Å². The van der Waals surface area contributed by atoms with Crippen LogP contribution in [-0.2, 0) is 22.7 Å². The summed E-state index contributed by atoms with van der Waals surface area (Å²) < 4.78 is 33.1. The van der Waals surface area contributed by atoms with E-state index in [4.69, 9.17) is 19.5 Å². The molecule has 1 aliphatic heterocycles. The summed E-state index contributed by atoms with van der Waals surface area (Å²) in [5.74, 6) is -0.160. The molecule has 0 saturated carbocycles. The second-order valence-corrected chi connectivity index (χ2v) is 11.3. The highest BCUT2D eigenvalue weighted by atomic mass is 35.7. The van der Waals surface area contributed by atoms with Gasteiger partial charge >= 0.3 is 8.56 Å². The quantitative estimate of drug-likeness (QED) is 0.513. The van der Waals surface area contributed by atoms with Crippen LogP contribution in [0.4, 0.5) is 0 Å². The van der Waals surface area contributed by atoms with Gasteiger partial charge < -0.3 is 13.8 Å². The zero-order valence-electron chi connectivity index (χ0n) is 11.4. The molecule has 0 aromatic heterocycles. The first-order chi connectivity index (χ1) is 8.72. The number of amides is 1. The molecule has 6 nitrogen and oxygen atoms in total. The van der Waals surface area contributed by atoms with Gasteiger partial charge in [-0.3, -0.25) is 4.79 Å². The van der Waals surface area contributed by atoms with Gasteiger partial charge in [0.15, 0.2) is 0 Å². The minimum Gasteiger partial charge on any atom is -0.398 e. The first-order valence-corrected chi connectivity index (χ1v) is 10.9. The Kier molecular flexibility index (Phi) is 5.81. The molecule has 1 saturated heterocycles. The molecule has 1 rings (SSSR count). The third-order valence-corrected chi connectivity index (χ3v) is 8.36. The third kappa shape index (κ3) is 4.71. The van der Waals surface area contributed by atoms with E-state index in [0.29, 0.717) is 6.54 Å². The predicted molar refractivity (Wildman–Crippen MR) is 74.8 cm³/mol. The van der Waals surface area contributed by atoms with Crippen LogP contribution in [0, 0.1) is 0 Å². The second kappa shape index (κ2) is 6.53. The normalized spacial score (nSPS) is 21.2. The molecule has 1 unspecified atom stereocenters. The highest BCUT2D eigenvalue weighted by molar-refractivity contribution is 8.14. The molecule has 1 atom stereocenters. The molecule has 9 heteroatoms. The maximum absolute atomic E-state index is 11.7. The monoisotopic (exact) mass is 329 g/mol. The Morgan fingerprint density at radius 1 is 1.42 bits per heavy atom. The van der Waals surface area contributed by atoms with E-state index in [2.05, 4.69) is 0 Å². The van der Waals surface area contributed by atoms with Crippen LogP contribution in [0.1, 0.15) is 12.8 Å². The Hall–Kier alpha value is -0.153. The van der Waals surface area contributed by atoms with Crippen LogP contribution in [-0.4, -0.2) is 60.3 Å². The Morgan fingerprint density at radius 2 is 2.00 bits per heavy atom. The molecule has 0 spiro atoms. The Bertz CT molecular complexity index is 426. The van der Waals surface area contributed by atoms with Crippen LogP contribution >= 0.6 is 10.7 Å². The van der Waals surface area contributed by atoms with Gasteiger partial charge in [-0.05, 0) is 19.0 Å². The average molecular weight is 330 g/mol. The highest BCUT2D eigenvalue weighted by Crippen LogP contribution is 2.22. The summed E-state index contributed by atoms with van der Waals surface area (Å²) >= 11 is 0. The number of hydrogen-bond donors (Lipinski definition) is 0. The number of likely N-dealkylation sites (tertiary alicyclic amines) is 1. The maximum atomic E-state index is 11.7. The summed E-state index contributed by atoms with van der Waals surface area (Å²) in [6.45, 7) is 2.64. The van der Waals surface area contributed by atoms with Gasteiger partial charge in [0.05, 0.1) is 0 Å². The fraction of sp³-hybridized carbons (Fsp3) is 0.900. The van der Waals surface area contributed by atoms with Crippen molar-refractivity contribution in [1.29, 1.82) is 0 Å². The van der Waals surface area contributed by atoms with E-state index in [1.54, 1.807) is 19.1 Å². The lowest BCUT2D eigenvalue weighted by atomic mass is 10.4. The van der Waals surface area contributed by atoms with E-state index < -0.39 is 22.9 Å². The molecular formula is C10H20ClNO5SSi. The Labute approximate surface area is 119 Å². The third-order valence-electron chi connectivity index (χ3n) is 3.50. The minimum atomic E-state index is -3.66. The van der Waals surface area contributed by atoms with Crippen molar-refractivity contribution < 1.29 is 22.1 Å². The molecule has 1 amide bonds. The van der Waals surface area contributed by atoms with Crippen LogP contribution in [0.25, 0.3) is 0 Å². The first kappa shape index (κ1) is 16.9. The number of rotatable bonds is 7. The van der Waals surface area contributed by atoms with Gasteiger partial charge in [-0.1, -0.05) is 0 Å². The standard InChI is InChI=1S/C10H20ClNO5SSi/c1-16-19(3,17-2)6-4-5-12-8-9(7-10(12)13)18(11,14)15/h9H,4-8H2,1-3H3. The van der Waals surface area contributed by atoms with Crippen molar-refractivity contribution in [3.8, 4) is 0 Å². The topological polar surface area (TPSA) is 72.9 Å². The van der Waals surface area contributed by atoms with Gasteiger partial charge in [-0.2, -0.15) is 0 Å². The number of halogens is 1. The SMILES string of the molecule is CO[Si](C)(CCCN1CC(S(=O)(=O)Cl)CC1=O)OC. The fourth-order valence-electron chi connectivity index (χ4n) is 2.02. The molecule has 1 heterocycles. The lowest BCUT2D eigenvalue weighted by molar-refractivity contribution is -0.127. The van der Waals surface area contributed by atoms with E-state index in [1.807, 2.05) is 6.55 Å². The molecule has 19 heavy (non-hydrogen) atoms. The molecular weight excluding hydrogens is 310 g/mol. The molecule has 0 radical (unpaired) electrons. The first-order valence-electron chi connectivity index (χ1n) is 6.03. The number of hydrogen-bond acceptors (Lipinski definition) is 5. The molecule has 0 aromatic rings. The molecule has 0 bridgehead atoms. The zero-order valence-corrected chi connectivity index (χ0v) is 14.0. The lowest BCUT2D eigenvalue weighted by Gasteiger charge is -2.24. The summed E-state index contributed by atoms with van der Waals surface area (Å²) in [7, 11) is 2.73. The van der Waals surface area contributed by atoms with Crippen molar-refractivity contribution in [2.75, 3.05) is 27.3 Å². The smallest absolute Gasteiger partial charge is 0.334 e. The van der Waals surface area contributed by atoms with Crippen molar-refractivity contribution in [3.05, 3.63) is 0 Å². The summed E-state index contributed by atoms with van der Waals surface area (Å²) in [5.41, 5.74) is 0. The molecule has 1 aliphatic rings. The fourth-order valence-corrected chi connectivity index (χ4v) is 4.45. The summed E-state index contributed by atoms with van der Waals surface area (Å²) in [5, 5.41) is -0.782. The van der Waals surface area contributed by atoms with Gasteiger partial charge in [0.2, 0.25) is 15.0 Å². The van der Waals surface area contributed by atoms with Crippen molar-refractivity contribution in [1.82, 2.24) is 4.90 Å². The number of carbonyl (C=O) groups is 1. The maximum Gasteiger partial charge on any atom is 0.334 e. The molecule has 1 fully saturated rings. The molecule has 112 valence electrons. The van der Waals surface area contributed by atoms with Crippen LogP contribution in [0.15, 0.2) is 0 Å². The summed E-state index contributed by atoms with van der Waals surface area (Å²) in [6.07, 6.45) is 0.709. The van der Waals surface area contributed by atoms with Gasteiger partial charge in [-0.15, -0.1) is 0 Å². The van der Waals surface area contributed by atoms with Crippen LogP contribution in [0.2, 0.25) is 12.6 Å². The lowest BCUT2D eigenvalue weighted by Crippen LogP contribution is -2.37. The van der Waals surface area contributed by atoms with Crippen molar-refractivity contribution >= 4 is 34.2 Å². The van der Waals surface area contributed by atoms with E-state index >= 15 is 0 Å². The van der Waals surface area contributed by atoms with E-state index in [9.17, 15) is 13.2 Å². The summed E-state index contributed by atoms with van der Waals surface area (Å²) in [4.78, 5) is 13.2. The van der Waals surface area contributed by atoms with E-state index in [1.165, 1.54) is 0 Å².